The zero-order chi connectivity index (χ0) is 17.2. The van der Waals surface area contributed by atoms with E-state index in [1.54, 1.807) is 29.1 Å². The molecule has 0 unspecified atom stereocenters. The van der Waals surface area contributed by atoms with Crippen LogP contribution in [0.4, 0.5) is 10.2 Å². The van der Waals surface area contributed by atoms with Gasteiger partial charge in [-0.25, -0.2) is 19.0 Å². The topological polar surface area (TPSA) is 72.7 Å². The first kappa shape index (κ1) is 15.7. The second-order valence-electron chi connectivity index (χ2n) is 6.34. The summed E-state index contributed by atoms with van der Waals surface area (Å²) in [6.07, 6.45) is 6.69. The maximum atomic E-state index is 13.3. The van der Waals surface area contributed by atoms with E-state index in [0.717, 1.165) is 36.9 Å². The number of rotatable bonds is 3. The van der Waals surface area contributed by atoms with E-state index in [1.807, 2.05) is 0 Å². The van der Waals surface area contributed by atoms with Crippen molar-refractivity contribution in [3.63, 3.8) is 0 Å². The van der Waals surface area contributed by atoms with Crippen LogP contribution < -0.4 is 10.9 Å². The molecule has 3 aromatic rings. The third kappa shape index (κ3) is 3.22. The van der Waals surface area contributed by atoms with Crippen LogP contribution in [0.25, 0.3) is 10.9 Å². The predicted molar refractivity (Wildman–Crippen MR) is 92.9 cm³/mol. The summed E-state index contributed by atoms with van der Waals surface area (Å²) in [5, 5.41) is 8.45. The summed E-state index contributed by atoms with van der Waals surface area (Å²) >= 11 is 0. The van der Waals surface area contributed by atoms with Crippen LogP contribution in [0.5, 0.6) is 0 Å². The van der Waals surface area contributed by atoms with Crippen molar-refractivity contribution in [3.05, 3.63) is 59.0 Å². The third-order valence-corrected chi connectivity index (χ3v) is 4.72. The minimum atomic E-state index is -0.307. The molecule has 0 spiro atoms. The maximum absolute atomic E-state index is 13.3. The molecule has 7 heteroatoms. The molecule has 6 nitrogen and oxygen atoms in total. The molecule has 25 heavy (non-hydrogen) atoms. The number of hydrogen-bond donors (Lipinski definition) is 1. The van der Waals surface area contributed by atoms with Crippen LogP contribution in [0, 0.1) is 5.82 Å². The summed E-state index contributed by atoms with van der Waals surface area (Å²) in [5.74, 6) is 0.418. The first-order valence-corrected chi connectivity index (χ1v) is 8.41. The first-order valence-electron chi connectivity index (χ1n) is 8.41. The molecule has 1 fully saturated rings. The lowest BCUT2D eigenvalue weighted by Gasteiger charge is -2.29. The number of nitrogens with zero attached hydrogens (tertiary/aromatic N) is 4. The highest BCUT2D eigenvalue weighted by molar-refractivity contribution is 5.88. The molecule has 1 N–H and O–H groups in total. The fourth-order valence-corrected chi connectivity index (χ4v) is 3.45. The van der Waals surface area contributed by atoms with Gasteiger partial charge in [0.2, 0.25) is 0 Å². The average Bonchev–Trinajstić information content (AvgIpc) is 2.63. The molecule has 0 atom stereocenters. The van der Waals surface area contributed by atoms with Gasteiger partial charge in [-0.2, -0.15) is 5.10 Å². The van der Waals surface area contributed by atoms with E-state index in [2.05, 4.69) is 20.4 Å². The van der Waals surface area contributed by atoms with Gasteiger partial charge in [-0.3, -0.25) is 4.79 Å². The van der Waals surface area contributed by atoms with Gasteiger partial charge in [-0.15, -0.1) is 0 Å². The van der Waals surface area contributed by atoms with Crippen molar-refractivity contribution >= 4 is 16.7 Å². The summed E-state index contributed by atoms with van der Waals surface area (Å²) in [4.78, 5) is 20.3. The lowest BCUT2D eigenvalue weighted by atomic mass is 9.91. The molecule has 2 heterocycles. The second-order valence-corrected chi connectivity index (χ2v) is 6.34. The molecule has 1 saturated carbocycles. The molecule has 0 aliphatic heterocycles. The Morgan fingerprint density at radius 3 is 2.76 bits per heavy atom. The lowest BCUT2D eigenvalue weighted by molar-refractivity contribution is 0.303. The molecule has 1 aromatic carbocycles. The standard InChI is InChI=1S/C18H18FN5O/c19-12-3-8-15-16(10-12)20-11-21-18(15)23-13-4-6-14(7-5-13)24-17(25)2-1-9-22-24/h1-3,8-11,13-14H,4-7H2,(H,20,21,23). The quantitative estimate of drug-likeness (QED) is 0.794. The Kier molecular flexibility index (Phi) is 4.13. The molecule has 2 aromatic heterocycles. The minimum Gasteiger partial charge on any atom is -0.367 e. The summed E-state index contributed by atoms with van der Waals surface area (Å²) in [6.45, 7) is 0. The van der Waals surface area contributed by atoms with Crippen molar-refractivity contribution in [1.29, 1.82) is 0 Å². The second kappa shape index (κ2) is 6.58. The first-order chi connectivity index (χ1) is 12.2. The molecule has 0 bridgehead atoms. The Hall–Kier alpha value is -2.83. The zero-order valence-electron chi connectivity index (χ0n) is 13.6. The van der Waals surface area contributed by atoms with Crippen molar-refractivity contribution in [2.24, 2.45) is 0 Å². The molecule has 128 valence electrons. The van der Waals surface area contributed by atoms with Gasteiger partial charge in [-0.1, -0.05) is 0 Å². The number of hydrogen-bond acceptors (Lipinski definition) is 5. The van der Waals surface area contributed by atoms with E-state index in [1.165, 1.54) is 18.5 Å². The Labute approximate surface area is 143 Å². The largest absolute Gasteiger partial charge is 0.367 e. The zero-order valence-corrected chi connectivity index (χ0v) is 13.6. The number of aromatic nitrogens is 4. The highest BCUT2D eigenvalue weighted by Gasteiger charge is 2.24. The third-order valence-electron chi connectivity index (χ3n) is 4.72. The fraction of sp³-hybridized carbons (Fsp3) is 0.333. The molecule has 1 aliphatic carbocycles. The van der Waals surface area contributed by atoms with Crippen molar-refractivity contribution in [2.45, 2.75) is 37.8 Å². The Balaban J connectivity index is 1.47. The van der Waals surface area contributed by atoms with Gasteiger partial charge in [0.15, 0.2) is 0 Å². The van der Waals surface area contributed by atoms with E-state index in [4.69, 9.17) is 0 Å². The molecule has 0 radical (unpaired) electrons. The van der Waals surface area contributed by atoms with Gasteiger partial charge in [0.1, 0.15) is 18.0 Å². The normalized spacial score (nSPS) is 20.5. The van der Waals surface area contributed by atoms with Gasteiger partial charge in [0, 0.05) is 29.8 Å². The molecule has 1 aliphatic rings. The van der Waals surface area contributed by atoms with Gasteiger partial charge < -0.3 is 5.32 Å². The van der Waals surface area contributed by atoms with E-state index in [0.29, 0.717) is 5.52 Å². The minimum absolute atomic E-state index is 0.0530. The molecule has 4 rings (SSSR count). The fourth-order valence-electron chi connectivity index (χ4n) is 3.45. The maximum Gasteiger partial charge on any atom is 0.266 e. The van der Waals surface area contributed by atoms with E-state index in [-0.39, 0.29) is 23.5 Å². The smallest absolute Gasteiger partial charge is 0.266 e. The lowest BCUT2D eigenvalue weighted by Crippen LogP contribution is -2.33. The molecular weight excluding hydrogens is 321 g/mol. The van der Waals surface area contributed by atoms with Crippen LogP contribution in [0.2, 0.25) is 0 Å². The van der Waals surface area contributed by atoms with Gasteiger partial charge in [-0.05, 0) is 43.9 Å². The van der Waals surface area contributed by atoms with Gasteiger partial charge in [0.05, 0.1) is 11.6 Å². The van der Waals surface area contributed by atoms with Gasteiger partial charge >= 0.3 is 0 Å². The Morgan fingerprint density at radius 2 is 1.96 bits per heavy atom. The average molecular weight is 339 g/mol. The monoisotopic (exact) mass is 339 g/mol. The van der Waals surface area contributed by atoms with Crippen LogP contribution in [0.3, 0.4) is 0 Å². The molecule has 0 saturated heterocycles. The van der Waals surface area contributed by atoms with Crippen LogP contribution in [0.1, 0.15) is 31.7 Å². The molecule has 0 amide bonds. The highest BCUT2D eigenvalue weighted by atomic mass is 19.1. The summed E-state index contributed by atoms with van der Waals surface area (Å²) < 4.78 is 14.9. The Morgan fingerprint density at radius 1 is 1.12 bits per heavy atom. The van der Waals surface area contributed by atoms with Crippen molar-refractivity contribution in [2.75, 3.05) is 5.32 Å². The summed E-state index contributed by atoms with van der Waals surface area (Å²) in [5.41, 5.74) is 0.536. The highest BCUT2D eigenvalue weighted by Crippen LogP contribution is 2.30. The number of halogens is 1. The van der Waals surface area contributed by atoms with Gasteiger partial charge in [0.25, 0.3) is 5.56 Å². The van der Waals surface area contributed by atoms with Crippen molar-refractivity contribution < 1.29 is 4.39 Å². The Bertz CT molecular complexity index is 949. The number of benzene rings is 1. The van der Waals surface area contributed by atoms with Crippen LogP contribution in [-0.2, 0) is 0 Å². The van der Waals surface area contributed by atoms with Crippen LogP contribution in [0.15, 0.2) is 47.7 Å². The number of anilines is 1. The summed E-state index contributed by atoms with van der Waals surface area (Å²) in [7, 11) is 0. The van der Waals surface area contributed by atoms with Crippen molar-refractivity contribution in [3.8, 4) is 0 Å². The summed E-state index contributed by atoms with van der Waals surface area (Å²) in [6, 6.07) is 8.14. The van der Waals surface area contributed by atoms with E-state index < -0.39 is 0 Å². The molecular formula is C18H18FN5O. The predicted octanol–water partition coefficient (Wildman–Crippen LogP) is 2.92. The number of nitrogens with one attached hydrogen (secondary N) is 1. The SMILES string of the molecule is O=c1cccnn1C1CCC(Nc2ncnc3cc(F)ccc23)CC1. The van der Waals surface area contributed by atoms with E-state index in [9.17, 15) is 9.18 Å². The van der Waals surface area contributed by atoms with Crippen LogP contribution >= 0.6 is 0 Å². The van der Waals surface area contributed by atoms with E-state index >= 15 is 0 Å². The van der Waals surface area contributed by atoms with Crippen LogP contribution in [-0.4, -0.2) is 25.8 Å². The van der Waals surface area contributed by atoms with Crippen molar-refractivity contribution in [1.82, 2.24) is 19.7 Å². The number of fused-ring (bicyclic) bond motifs is 1.